The van der Waals surface area contributed by atoms with Gasteiger partial charge >= 0.3 is 0 Å². The fourth-order valence-electron chi connectivity index (χ4n) is 8.50. The van der Waals surface area contributed by atoms with Gasteiger partial charge in [0, 0.05) is 61.9 Å². The molecule has 3 aliphatic heterocycles. The SMILES string of the molecule is O=C(Nc1nccs1)C(c1ncn2c1CCC2)n1cc2c(F)cc(-c3ccc(N4CCN(C(=O)CN5CCC(C6=C/C=C\C=C/C=C6)C(F)(F)C5)CC4)cc3)cc2n1. The first-order valence-corrected chi connectivity index (χ1v) is 20.5. The van der Waals surface area contributed by atoms with Crippen LogP contribution in [0.2, 0.25) is 0 Å². The zero-order valence-corrected chi connectivity index (χ0v) is 32.5. The highest BCUT2D eigenvalue weighted by atomic mass is 32.1. The lowest BCUT2D eigenvalue weighted by molar-refractivity contribution is -0.137. The Morgan fingerprint density at radius 2 is 1.76 bits per heavy atom. The van der Waals surface area contributed by atoms with Gasteiger partial charge in [-0.05, 0) is 66.8 Å². The number of benzene rings is 2. The van der Waals surface area contributed by atoms with Crippen molar-refractivity contribution >= 4 is 44.9 Å². The standard InChI is InChI=1S/C43H42F3N9O2S/c44-35-23-31(24-36-33(35)25-55(50-36)40(41(57)49-42-47-15-22-58-42)39-37-9-6-16-54(37)28-48-39)29-10-12-32(13-11-29)52-18-20-53(21-19-52)38(56)26-51-17-14-34(43(45,46)27-51)30-7-4-2-1-3-5-8-30/h1-5,7-8,10-13,15,22-25,28,34,40H,6,9,14,16-21,26-27H2,(H,47,49,57)/b2-1-,3-1?,4-2?,5-3-,7-4?,8-5?,30-7?,30-8?. The molecule has 11 nitrogen and oxygen atoms in total. The number of alkyl halides is 2. The molecule has 2 fully saturated rings. The second kappa shape index (κ2) is 15.9. The quantitative estimate of drug-likeness (QED) is 0.173. The Morgan fingerprint density at radius 1 is 0.948 bits per heavy atom. The zero-order valence-electron chi connectivity index (χ0n) is 31.7. The molecule has 5 aromatic rings. The molecule has 15 heteroatoms. The first-order chi connectivity index (χ1) is 28.2. The number of rotatable bonds is 9. The summed E-state index contributed by atoms with van der Waals surface area (Å²) >= 11 is 1.31. The summed E-state index contributed by atoms with van der Waals surface area (Å²) in [7, 11) is 0. The molecule has 9 rings (SSSR count). The van der Waals surface area contributed by atoms with E-state index in [-0.39, 0.29) is 24.8 Å². The molecule has 2 amide bonds. The molecule has 58 heavy (non-hydrogen) atoms. The Bertz CT molecular complexity index is 2440. The maximum absolute atomic E-state index is 15.8. The van der Waals surface area contributed by atoms with E-state index in [1.165, 1.54) is 22.1 Å². The summed E-state index contributed by atoms with van der Waals surface area (Å²) in [6.45, 7) is 2.96. The van der Waals surface area contributed by atoms with Crippen molar-refractivity contribution in [3.05, 3.63) is 126 Å². The summed E-state index contributed by atoms with van der Waals surface area (Å²) in [5, 5.41) is 10.1. The fraction of sp³-hybridized carbons (Fsp3) is 0.326. The van der Waals surface area contributed by atoms with Gasteiger partial charge in [-0.15, -0.1) is 11.3 Å². The topological polar surface area (TPSA) is 104 Å². The van der Waals surface area contributed by atoms with Crippen LogP contribution in [0.5, 0.6) is 0 Å². The number of thiazole rings is 1. The van der Waals surface area contributed by atoms with E-state index in [0.717, 1.165) is 36.3 Å². The van der Waals surface area contributed by atoms with Gasteiger partial charge in [0.15, 0.2) is 11.2 Å². The van der Waals surface area contributed by atoms with Gasteiger partial charge in [0.1, 0.15) is 5.82 Å². The molecule has 0 radical (unpaired) electrons. The van der Waals surface area contributed by atoms with Crippen LogP contribution in [0.1, 0.15) is 30.3 Å². The van der Waals surface area contributed by atoms with Crippen LogP contribution >= 0.6 is 11.3 Å². The molecular weight excluding hydrogens is 764 g/mol. The van der Waals surface area contributed by atoms with Crippen molar-refractivity contribution in [2.45, 2.75) is 37.8 Å². The van der Waals surface area contributed by atoms with Gasteiger partial charge in [-0.3, -0.25) is 24.5 Å². The molecule has 1 aliphatic carbocycles. The molecule has 298 valence electrons. The fourth-order valence-corrected chi connectivity index (χ4v) is 9.03. The van der Waals surface area contributed by atoms with Crippen molar-refractivity contribution in [1.29, 1.82) is 0 Å². The number of hydrogen-bond acceptors (Lipinski definition) is 8. The normalized spacial score (nSPS) is 20.9. The molecule has 2 saturated heterocycles. The molecular formula is C43H42F3N9O2S. The number of piperazine rings is 1. The van der Waals surface area contributed by atoms with Crippen LogP contribution in [0.15, 0.2) is 109 Å². The molecule has 0 bridgehead atoms. The number of nitrogens with one attached hydrogen (secondary N) is 1. The van der Waals surface area contributed by atoms with E-state index < -0.39 is 30.2 Å². The van der Waals surface area contributed by atoms with Crippen LogP contribution in [0.4, 0.5) is 24.0 Å². The van der Waals surface area contributed by atoms with E-state index in [0.29, 0.717) is 65.6 Å². The Hall–Kier alpha value is -5.80. The van der Waals surface area contributed by atoms with Gasteiger partial charge in [0.25, 0.3) is 11.8 Å². The minimum Gasteiger partial charge on any atom is -0.368 e. The third kappa shape index (κ3) is 7.63. The highest BCUT2D eigenvalue weighted by molar-refractivity contribution is 7.13. The van der Waals surface area contributed by atoms with E-state index >= 15 is 13.2 Å². The number of aryl methyl sites for hydroxylation is 1. The van der Waals surface area contributed by atoms with Crippen LogP contribution in [0, 0.1) is 11.7 Å². The first-order valence-electron chi connectivity index (χ1n) is 19.6. The summed E-state index contributed by atoms with van der Waals surface area (Å²) in [6, 6.07) is 10.2. The number of hydrogen-bond donors (Lipinski definition) is 1. The lowest BCUT2D eigenvalue weighted by Gasteiger charge is -2.40. The Labute approximate surface area is 337 Å². The number of carbonyl (C=O) groups is 2. The summed E-state index contributed by atoms with van der Waals surface area (Å²) in [5.74, 6) is -4.78. The van der Waals surface area contributed by atoms with E-state index in [4.69, 9.17) is 5.10 Å². The van der Waals surface area contributed by atoms with Crippen molar-refractivity contribution in [2.24, 2.45) is 5.92 Å². The molecule has 2 unspecified atom stereocenters. The lowest BCUT2D eigenvalue weighted by atomic mass is 9.85. The Kier molecular flexibility index (Phi) is 10.3. The summed E-state index contributed by atoms with van der Waals surface area (Å²) in [6.07, 6.45) is 19.5. The molecule has 0 spiro atoms. The number of piperidine rings is 1. The second-order valence-corrected chi connectivity index (χ2v) is 16.0. The number of halogens is 3. The average Bonchev–Trinajstić information content (AvgIpc) is 4.03. The van der Waals surface area contributed by atoms with Crippen LogP contribution in [0.25, 0.3) is 22.0 Å². The highest BCUT2D eigenvalue weighted by Crippen LogP contribution is 2.39. The van der Waals surface area contributed by atoms with Crippen LogP contribution in [-0.4, -0.2) is 97.7 Å². The number of imidazole rings is 1. The van der Waals surface area contributed by atoms with E-state index in [1.807, 2.05) is 53.1 Å². The van der Waals surface area contributed by atoms with Gasteiger partial charge in [-0.2, -0.15) is 5.10 Å². The summed E-state index contributed by atoms with van der Waals surface area (Å²) < 4.78 is 50.0. The van der Waals surface area contributed by atoms with Gasteiger partial charge in [0.2, 0.25) is 5.91 Å². The molecule has 3 aromatic heterocycles. The van der Waals surface area contributed by atoms with Crippen molar-refractivity contribution in [2.75, 3.05) is 56.0 Å². The average molecular weight is 806 g/mol. The summed E-state index contributed by atoms with van der Waals surface area (Å²) in [5.41, 5.74) is 4.99. The number of likely N-dealkylation sites (tertiary alicyclic amines) is 1. The van der Waals surface area contributed by atoms with Crippen LogP contribution in [-0.2, 0) is 22.6 Å². The summed E-state index contributed by atoms with van der Waals surface area (Å²) in [4.78, 5) is 41.3. The monoisotopic (exact) mass is 805 g/mol. The number of fused-ring (bicyclic) bond motifs is 2. The molecule has 1 N–H and O–H groups in total. The van der Waals surface area contributed by atoms with Crippen LogP contribution < -0.4 is 10.2 Å². The number of amides is 2. The number of carbonyl (C=O) groups excluding carboxylic acids is 2. The third-order valence-corrected chi connectivity index (χ3v) is 12.2. The highest BCUT2D eigenvalue weighted by Gasteiger charge is 2.46. The van der Waals surface area contributed by atoms with Gasteiger partial charge < -0.3 is 14.4 Å². The lowest BCUT2D eigenvalue weighted by Crippen LogP contribution is -2.54. The number of aromatic nitrogens is 5. The van der Waals surface area contributed by atoms with Crippen molar-refractivity contribution in [1.82, 2.24) is 34.1 Å². The van der Waals surface area contributed by atoms with Gasteiger partial charge in [0.05, 0.1) is 41.9 Å². The first kappa shape index (κ1) is 37.8. The van der Waals surface area contributed by atoms with Crippen molar-refractivity contribution in [3.8, 4) is 11.1 Å². The van der Waals surface area contributed by atoms with E-state index in [9.17, 15) is 9.59 Å². The molecule has 0 saturated carbocycles. The predicted molar refractivity (Wildman–Crippen MR) is 218 cm³/mol. The minimum absolute atomic E-state index is 0.0282. The smallest absolute Gasteiger partial charge is 0.267 e. The maximum Gasteiger partial charge on any atom is 0.267 e. The maximum atomic E-state index is 15.8. The Balaban J connectivity index is 0.842. The van der Waals surface area contributed by atoms with Crippen LogP contribution in [0.3, 0.4) is 0 Å². The number of anilines is 2. The van der Waals surface area contributed by atoms with E-state index in [2.05, 4.69) is 20.2 Å². The largest absolute Gasteiger partial charge is 0.368 e. The molecule has 2 atom stereocenters. The van der Waals surface area contributed by atoms with Crippen molar-refractivity contribution < 1.29 is 22.8 Å². The van der Waals surface area contributed by atoms with E-state index in [1.54, 1.807) is 58.2 Å². The Morgan fingerprint density at radius 3 is 2.55 bits per heavy atom. The van der Waals surface area contributed by atoms with Gasteiger partial charge in [-0.25, -0.2) is 23.1 Å². The minimum atomic E-state index is -2.94. The third-order valence-electron chi connectivity index (χ3n) is 11.5. The predicted octanol–water partition coefficient (Wildman–Crippen LogP) is 6.88. The van der Waals surface area contributed by atoms with Gasteiger partial charge in [-0.1, -0.05) is 54.7 Å². The second-order valence-electron chi connectivity index (χ2n) is 15.1. The van der Waals surface area contributed by atoms with Crippen molar-refractivity contribution in [3.63, 3.8) is 0 Å². The number of allylic oxidation sites excluding steroid dienone is 8. The number of nitrogens with zero attached hydrogens (tertiary/aromatic N) is 8. The molecule has 4 aliphatic rings. The zero-order chi connectivity index (χ0) is 39.8. The molecule has 6 heterocycles. The molecule has 2 aromatic carbocycles.